The number of benzene rings is 3. The van der Waals surface area contributed by atoms with Crippen LogP contribution in [0.5, 0.6) is 5.75 Å². The van der Waals surface area contributed by atoms with Gasteiger partial charge in [0.1, 0.15) is 49.1 Å². The molecule has 5 atom stereocenters. The maximum Gasteiger partial charge on any atom is 0.308 e. The van der Waals surface area contributed by atoms with Crippen molar-refractivity contribution >= 4 is 41.3 Å². The molecule has 0 spiro atoms. The summed E-state index contributed by atoms with van der Waals surface area (Å²) in [7, 11) is 0. The van der Waals surface area contributed by atoms with Crippen LogP contribution in [-0.4, -0.2) is 122 Å². The van der Waals surface area contributed by atoms with Crippen molar-refractivity contribution in [3.63, 3.8) is 0 Å². The normalized spacial score (nSPS) is 17.8. The number of ether oxygens (including phenoxy) is 3. The summed E-state index contributed by atoms with van der Waals surface area (Å²) in [5, 5.41) is 14.4. The average molecular weight is 950 g/mol. The highest BCUT2D eigenvalue weighted by Crippen LogP contribution is 2.30. The smallest absolute Gasteiger partial charge is 0.308 e. The number of nitrogens with zero attached hydrogens (tertiary/aromatic N) is 1. The lowest BCUT2D eigenvalue weighted by atomic mass is 9.93. The first-order chi connectivity index (χ1) is 32.9. The zero-order valence-corrected chi connectivity index (χ0v) is 40.8. The number of quaternary nitrogens is 1. The molecule has 5 N–H and O–H groups in total. The molecule has 0 unspecified atom stereocenters. The number of nitrogens with one attached hydrogen (secondary N) is 5. The van der Waals surface area contributed by atoms with Gasteiger partial charge < -0.3 is 45.3 Å². The van der Waals surface area contributed by atoms with E-state index in [2.05, 4.69) is 32.5 Å². The van der Waals surface area contributed by atoms with Crippen LogP contribution in [0, 0.1) is 24.2 Å². The Morgan fingerprint density at radius 1 is 0.739 bits per heavy atom. The van der Waals surface area contributed by atoms with Gasteiger partial charge >= 0.3 is 5.97 Å². The number of carbonyl (C=O) groups is 7. The number of carbonyl (C=O) groups excluding carboxylic acids is 7. The first kappa shape index (κ1) is 53.5. The van der Waals surface area contributed by atoms with Gasteiger partial charge in [-0.05, 0) is 73.8 Å². The zero-order chi connectivity index (χ0) is 50.1. The Morgan fingerprint density at radius 3 is 1.90 bits per heavy atom. The van der Waals surface area contributed by atoms with E-state index in [1.54, 1.807) is 19.1 Å². The molecule has 0 aliphatic carbocycles. The number of amides is 5. The summed E-state index contributed by atoms with van der Waals surface area (Å²) in [5.74, 6) is -1.01. The monoisotopic (exact) mass is 950 g/mol. The first-order valence-corrected chi connectivity index (χ1v) is 23.8. The van der Waals surface area contributed by atoms with Crippen molar-refractivity contribution in [1.82, 2.24) is 26.6 Å². The molecule has 2 aliphatic rings. The number of aryl methyl sites for hydroxylation is 1. The SMILES string of the molecule is C#CCNC(=O)c1cc(C[N+]2(CC(=O)N[C@@H](CCc3ccccc3)C(=O)N[C@@H](CC(C)C)C(=O)N[C@@H](Cc3ccccc3)C(=O)N[C@@H](CC(C)C)C(=O)[C@@]3(C)CO3)CCOCC2)ccc1OC(C)=O. The molecule has 3 aromatic carbocycles. The fourth-order valence-electron chi connectivity index (χ4n) is 8.48. The molecule has 0 aromatic heterocycles. The van der Waals surface area contributed by atoms with E-state index in [1.165, 1.54) is 13.0 Å². The van der Waals surface area contributed by atoms with Gasteiger partial charge in [-0.3, -0.25) is 33.6 Å². The Labute approximate surface area is 405 Å². The second-order valence-corrected chi connectivity index (χ2v) is 19.2. The summed E-state index contributed by atoms with van der Waals surface area (Å²) in [6.07, 6.45) is 6.74. The fourth-order valence-corrected chi connectivity index (χ4v) is 8.48. The van der Waals surface area contributed by atoms with Gasteiger partial charge in [-0.15, -0.1) is 6.42 Å². The Bertz CT molecular complexity index is 2300. The molecule has 16 nitrogen and oxygen atoms in total. The van der Waals surface area contributed by atoms with Crippen molar-refractivity contribution in [3.8, 4) is 18.1 Å². The van der Waals surface area contributed by atoms with E-state index in [9.17, 15) is 33.6 Å². The third-order valence-electron chi connectivity index (χ3n) is 12.2. The number of hydrogen-bond donors (Lipinski definition) is 5. The maximum atomic E-state index is 14.5. The minimum absolute atomic E-state index is 0.0356. The van der Waals surface area contributed by atoms with Crippen molar-refractivity contribution in [1.29, 1.82) is 0 Å². The van der Waals surface area contributed by atoms with Crippen molar-refractivity contribution in [2.24, 2.45) is 11.8 Å². The Balaban J connectivity index is 1.37. The summed E-state index contributed by atoms with van der Waals surface area (Å²) < 4.78 is 16.7. The topological polar surface area (TPSA) is 211 Å². The number of hydrogen-bond acceptors (Lipinski definition) is 10. The van der Waals surface area contributed by atoms with E-state index in [4.69, 9.17) is 20.6 Å². The van der Waals surface area contributed by atoms with Crippen LogP contribution in [-0.2, 0) is 57.6 Å². The molecule has 0 saturated carbocycles. The van der Waals surface area contributed by atoms with Crippen LogP contribution in [0.1, 0.15) is 87.9 Å². The molecule has 0 bridgehead atoms. The van der Waals surface area contributed by atoms with Gasteiger partial charge in [-0.2, -0.15) is 0 Å². The molecular formula is C53H69N6O10+. The first-order valence-electron chi connectivity index (χ1n) is 23.8. The Morgan fingerprint density at radius 2 is 1.30 bits per heavy atom. The maximum absolute atomic E-state index is 14.5. The van der Waals surface area contributed by atoms with Gasteiger partial charge in [0.05, 0.1) is 38.0 Å². The molecule has 16 heteroatoms. The molecular weight excluding hydrogens is 881 g/mol. The van der Waals surface area contributed by atoms with Crippen molar-refractivity contribution in [3.05, 3.63) is 101 Å². The molecule has 5 amide bonds. The molecule has 2 aliphatic heterocycles. The molecule has 2 saturated heterocycles. The number of ketones is 1. The summed E-state index contributed by atoms with van der Waals surface area (Å²) in [5.41, 5.74) is 1.56. The second kappa shape index (κ2) is 25.3. The molecule has 370 valence electrons. The van der Waals surface area contributed by atoms with E-state index >= 15 is 0 Å². The summed E-state index contributed by atoms with van der Waals surface area (Å²) >= 11 is 0. The van der Waals surface area contributed by atoms with Crippen LogP contribution in [0.2, 0.25) is 0 Å². The lowest BCUT2D eigenvalue weighted by Crippen LogP contribution is -2.61. The van der Waals surface area contributed by atoms with Crippen LogP contribution in [0.3, 0.4) is 0 Å². The zero-order valence-electron chi connectivity index (χ0n) is 40.8. The highest BCUT2D eigenvalue weighted by molar-refractivity contribution is 5.99. The predicted octanol–water partition coefficient (Wildman–Crippen LogP) is 3.59. The summed E-state index contributed by atoms with van der Waals surface area (Å²) in [4.78, 5) is 96.0. The number of esters is 1. The van der Waals surface area contributed by atoms with Crippen molar-refractivity contribution in [2.45, 2.75) is 110 Å². The van der Waals surface area contributed by atoms with E-state index in [-0.39, 0.29) is 72.4 Å². The molecule has 69 heavy (non-hydrogen) atoms. The fraction of sp³-hybridized carbons (Fsp3) is 0.491. The van der Waals surface area contributed by atoms with Gasteiger partial charge in [0, 0.05) is 18.9 Å². The lowest BCUT2D eigenvalue weighted by molar-refractivity contribution is -0.940. The summed E-state index contributed by atoms with van der Waals surface area (Å²) in [6, 6.07) is 19.6. The Hall–Kier alpha value is -6.41. The molecule has 0 radical (unpaired) electrons. The van der Waals surface area contributed by atoms with E-state index in [0.29, 0.717) is 51.3 Å². The molecule has 5 rings (SSSR count). The van der Waals surface area contributed by atoms with E-state index < -0.39 is 65.3 Å². The molecule has 2 fully saturated rings. The Kier molecular flexibility index (Phi) is 19.6. The quantitative estimate of drug-likeness (QED) is 0.0274. The number of rotatable bonds is 25. The third kappa shape index (κ3) is 16.7. The van der Waals surface area contributed by atoms with Gasteiger partial charge in [0.15, 0.2) is 12.3 Å². The molecule has 3 aromatic rings. The van der Waals surface area contributed by atoms with Crippen LogP contribution < -0.4 is 31.3 Å². The second-order valence-electron chi connectivity index (χ2n) is 19.2. The minimum Gasteiger partial charge on any atom is -0.426 e. The lowest BCUT2D eigenvalue weighted by Gasteiger charge is -2.41. The number of terminal acetylenes is 1. The van der Waals surface area contributed by atoms with E-state index in [1.807, 2.05) is 88.4 Å². The van der Waals surface area contributed by atoms with Crippen molar-refractivity contribution < 1.29 is 52.3 Å². The van der Waals surface area contributed by atoms with Crippen LogP contribution >= 0.6 is 0 Å². The summed E-state index contributed by atoms with van der Waals surface area (Å²) in [6.45, 7) is 12.8. The molecule has 2 heterocycles. The van der Waals surface area contributed by atoms with Gasteiger partial charge in [0.25, 0.3) is 11.8 Å². The van der Waals surface area contributed by atoms with Crippen LogP contribution in [0.15, 0.2) is 78.9 Å². The number of Topliss-reactive ketones (excluding diaryl/α,β-unsaturated/α-hetero) is 1. The highest BCUT2D eigenvalue weighted by Gasteiger charge is 2.50. The van der Waals surface area contributed by atoms with Crippen molar-refractivity contribution in [2.75, 3.05) is 46.0 Å². The van der Waals surface area contributed by atoms with Crippen LogP contribution in [0.4, 0.5) is 0 Å². The van der Waals surface area contributed by atoms with Gasteiger partial charge in [-0.1, -0.05) is 94.3 Å². The highest BCUT2D eigenvalue weighted by atomic mass is 16.6. The van der Waals surface area contributed by atoms with Gasteiger partial charge in [0.2, 0.25) is 17.7 Å². The average Bonchev–Trinajstić information content (AvgIpc) is 4.07. The standard InChI is InChI=1S/C53H68N6O10/c1-8-23-54-49(63)41-30-40(20-22-46(41)69-37(6)60)32-59(24-26-67-27-25-59)33-47(61)55-42(21-19-38-15-11-9-12-16-38)50(64)57-44(29-36(4)5)51(65)58-45(31-39-17-13-10-14-18-39)52(66)56-43(28-35(2)3)48(62)53(7)34-68-53/h1,9-18,20,22,30,35-36,42-45H,19,21,23-29,31-34H2,2-7H3,(H4-,54,55,56,57,58,61,63,64,65,66)/p+1/t42-,43-,44-,45-,53+/m0/s1. The number of epoxide rings is 1. The van der Waals surface area contributed by atoms with E-state index in [0.717, 1.165) is 11.1 Å². The number of morpholine rings is 1. The predicted molar refractivity (Wildman–Crippen MR) is 259 cm³/mol. The van der Waals surface area contributed by atoms with Crippen LogP contribution in [0.25, 0.3) is 0 Å². The minimum atomic E-state index is -1.10. The third-order valence-corrected chi connectivity index (χ3v) is 12.2. The van der Waals surface area contributed by atoms with Gasteiger partial charge in [-0.25, -0.2) is 0 Å². The largest absolute Gasteiger partial charge is 0.426 e.